The van der Waals surface area contributed by atoms with Crippen molar-refractivity contribution in [3.63, 3.8) is 0 Å². The van der Waals surface area contributed by atoms with E-state index in [0.29, 0.717) is 0 Å². The van der Waals surface area contributed by atoms with Gasteiger partial charge in [0, 0.05) is 31.0 Å². The predicted molar refractivity (Wildman–Crippen MR) is 108 cm³/mol. The van der Waals surface area contributed by atoms with E-state index in [1.807, 2.05) is 12.3 Å². The molecule has 0 aliphatic carbocycles. The number of nitrogens with one attached hydrogen (secondary N) is 1. The van der Waals surface area contributed by atoms with Crippen LogP contribution in [0.5, 0.6) is 5.75 Å². The van der Waals surface area contributed by atoms with Crippen LogP contribution in [-0.2, 0) is 13.1 Å². The Hall–Kier alpha value is -2.39. The first-order chi connectivity index (χ1) is 12.9. The maximum Gasteiger partial charge on any atom is 0.124 e. The lowest BCUT2D eigenvalue weighted by atomic mass is 10.0. The van der Waals surface area contributed by atoms with Crippen LogP contribution in [0.25, 0.3) is 10.8 Å². The quantitative estimate of drug-likeness (QED) is 0.492. The molecule has 1 N–H and O–H groups in total. The van der Waals surface area contributed by atoms with Gasteiger partial charge in [0.25, 0.3) is 0 Å². The van der Waals surface area contributed by atoms with Crippen molar-refractivity contribution >= 4 is 10.8 Å². The van der Waals surface area contributed by atoms with E-state index in [0.717, 1.165) is 31.9 Å². The van der Waals surface area contributed by atoms with Crippen LogP contribution in [0.1, 0.15) is 43.7 Å². The van der Waals surface area contributed by atoms with Gasteiger partial charge in [0.1, 0.15) is 5.75 Å². The van der Waals surface area contributed by atoms with E-state index in [4.69, 9.17) is 4.74 Å². The summed E-state index contributed by atoms with van der Waals surface area (Å²) < 4.78 is 6.14. The summed E-state index contributed by atoms with van der Waals surface area (Å²) in [5.74, 6) is 0.999. The molecule has 1 heterocycles. The van der Waals surface area contributed by atoms with Crippen LogP contribution in [0.4, 0.5) is 0 Å². The molecule has 136 valence electrons. The maximum absolute atomic E-state index is 6.14. The van der Waals surface area contributed by atoms with Crippen molar-refractivity contribution in [2.45, 2.75) is 45.7 Å². The molecule has 0 atom stereocenters. The number of pyridine rings is 1. The van der Waals surface area contributed by atoms with E-state index in [1.165, 1.54) is 41.2 Å². The first-order valence-corrected chi connectivity index (χ1v) is 9.61. The van der Waals surface area contributed by atoms with E-state index in [1.54, 1.807) is 6.20 Å². The molecule has 3 rings (SSSR count). The lowest BCUT2D eigenvalue weighted by Crippen LogP contribution is -2.14. The number of rotatable bonds is 10. The molecule has 0 saturated carbocycles. The van der Waals surface area contributed by atoms with Crippen molar-refractivity contribution in [3.8, 4) is 5.75 Å². The SMILES string of the molecule is CCCCCCOc1ccc2ccccc2c1CNCc1cccnc1. The summed E-state index contributed by atoms with van der Waals surface area (Å²) in [4.78, 5) is 4.18. The van der Waals surface area contributed by atoms with Crippen LogP contribution >= 0.6 is 0 Å². The zero-order chi connectivity index (χ0) is 18.0. The van der Waals surface area contributed by atoms with Crippen LogP contribution in [0.3, 0.4) is 0 Å². The standard InChI is InChI=1S/C23H28N2O/c1-2-3-4-7-15-26-23-13-12-20-10-5-6-11-21(20)22(23)18-25-17-19-9-8-14-24-16-19/h5-6,8-14,16,25H,2-4,7,15,17-18H2,1H3. The molecule has 3 heteroatoms. The van der Waals surface area contributed by atoms with Crippen molar-refractivity contribution in [3.05, 3.63) is 72.1 Å². The maximum atomic E-state index is 6.14. The highest BCUT2D eigenvalue weighted by molar-refractivity contribution is 5.87. The number of nitrogens with zero attached hydrogens (tertiary/aromatic N) is 1. The highest BCUT2D eigenvalue weighted by Gasteiger charge is 2.09. The molecule has 0 aliphatic heterocycles. The van der Waals surface area contributed by atoms with Gasteiger partial charge in [-0.15, -0.1) is 0 Å². The molecule has 0 spiro atoms. The monoisotopic (exact) mass is 348 g/mol. The average Bonchev–Trinajstić information content (AvgIpc) is 2.69. The summed E-state index contributed by atoms with van der Waals surface area (Å²) in [6, 6.07) is 16.8. The fourth-order valence-electron chi connectivity index (χ4n) is 3.18. The Morgan fingerprint density at radius 1 is 0.923 bits per heavy atom. The van der Waals surface area contributed by atoms with Gasteiger partial charge < -0.3 is 10.1 Å². The van der Waals surface area contributed by atoms with E-state index in [-0.39, 0.29) is 0 Å². The molecule has 26 heavy (non-hydrogen) atoms. The van der Waals surface area contributed by atoms with Gasteiger partial charge in [0.05, 0.1) is 6.61 Å². The predicted octanol–water partition coefficient (Wildman–Crippen LogP) is 5.48. The Balaban J connectivity index is 1.70. The van der Waals surface area contributed by atoms with E-state index >= 15 is 0 Å². The Morgan fingerprint density at radius 2 is 1.85 bits per heavy atom. The fourth-order valence-corrected chi connectivity index (χ4v) is 3.18. The van der Waals surface area contributed by atoms with E-state index in [2.05, 4.69) is 59.7 Å². The van der Waals surface area contributed by atoms with Crippen LogP contribution < -0.4 is 10.1 Å². The number of hydrogen-bond acceptors (Lipinski definition) is 3. The third kappa shape index (κ3) is 5.06. The van der Waals surface area contributed by atoms with Gasteiger partial charge in [0.15, 0.2) is 0 Å². The number of fused-ring (bicyclic) bond motifs is 1. The van der Waals surface area contributed by atoms with Crippen molar-refractivity contribution < 1.29 is 4.74 Å². The molecule has 3 nitrogen and oxygen atoms in total. The lowest BCUT2D eigenvalue weighted by Gasteiger charge is -2.15. The molecular weight excluding hydrogens is 320 g/mol. The summed E-state index contributed by atoms with van der Waals surface area (Å²) in [5, 5.41) is 6.06. The minimum atomic E-state index is 0.778. The lowest BCUT2D eigenvalue weighted by molar-refractivity contribution is 0.302. The van der Waals surface area contributed by atoms with Gasteiger partial charge in [-0.1, -0.05) is 62.6 Å². The fraction of sp³-hybridized carbons (Fsp3) is 0.348. The number of unbranched alkanes of at least 4 members (excludes halogenated alkanes) is 3. The van der Waals surface area contributed by atoms with Crippen molar-refractivity contribution in [2.24, 2.45) is 0 Å². The molecular formula is C23H28N2O. The molecule has 1 aromatic heterocycles. The Bertz CT molecular complexity index is 802. The van der Waals surface area contributed by atoms with Gasteiger partial charge in [0.2, 0.25) is 0 Å². The Morgan fingerprint density at radius 3 is 2.69 bits per heavy atom. The summed E-state index contributed by atoms with van der Waals surface area (Å²) in [6.45, 7) is 4.59. The minimum Gasteiger partial charge on any atom is -0.493 e. The largest absolute Gasteiger partial charge is 0.493 e. The molecule has 0 radical (unpaired) electrons. The zero-order valence-corrected chi connectivity index (χ0v) is 15.6. The normalized spacial score (nSPS) is 11.0. The highest BCUT2D eigenvalue weighted by atomic mass is 16.5. The smallest absolute Gasteiger partial charge is 0.124 e. The van der Waals surface area contributed by atoms with E-state index < -0.39 is 0 Å². The van der Waals surface area contributed by atoms with E-state index in [9.17, 15) is 0 Å². The summed E-state index contributed by atoms with van der Waals surface area (Å²) in [7, 11) is 0. The average molecular weight is 348 g/mol. The third-order valence-electron chi connectivity index (χ3n) is 4.61. The Kier molecular flexibility index (Phi) is 7.03. The second-order valence-corrected chi connectivity index (χ2v) is 6.64. The molecule has 0 bridgehead atoms. The zero-order valence-electron chi connectivity index (χ0n) is 15.6. The topological polar surface area (TPSA) is 34.1 Å². The molecule has 3 aromatic rings. The number of aromatic nitrogens is 1. The van der Waals surface area contributed by atoms with Gasteiger partial charge >= 0.3 is 0 Å². The molecule has 0 unspecified atom stereocenters. The summed E-state index contributed by atoms with van der Waals surface area (Å²) in [6.07, 6.45) is 8.59. The second kappa shape index (κ2) is 9.93. The molecule has 0 amide bonds. The third-order valence-corrected chi connectivity index (χ3v) is 4.61. The minimum absolute atomic E-state index is 0.778. The molecule has 2 aromatic carbocycles. The van der Waals surface area contributed by atoms with Crippen LogP contribution in [0.2, 0.25) is 0 Å². The number of hydrogen-bond donors (Lipinski definition) is 1. The van der Waals surface area contributed by atoms with Gasteiger partial charge in [-0.25, -0.2) is 0 Å². The van der Waals surface area contributed by atoms with Gasteiger partial charge in [-0.2, -0.15) is 0 Å². The van der Waals surface area contributed by atoms with Gasteiger partial charge in [-0.05, 0) is 34.9 Å². The summed E-state index contributed by atoms with van der Waals surface area (Å²) >= 11 is 0. The van der Waals surface area contributed by atoms with Crippen molar-refractivity contribution in [1.82, 2.24) is 10.3 Å². The van der Waals surface area contributed by atoms with Crippen LogP contribution in [0, 0.1) is 0 Å². The number of benzene rings is 2. The van der Waals surface area contributed by atoms with Gasteiger partial charge in [-0.3, -0.25) is 4.98 Å². The first kappa shape index (κ1) is 18.4. The molecule has 0 aliphatic rings. The van der Waals surface area contributed by atoms with Crippen LogP contribution in [-0.4, -0.2) is 11.6 Å². The van der Waals surface area contributed by atoms with Crippen LogP contribution in [0.15, 0.2) is 60.9 Å². The second-order valence-electron chi connectivity index (χ2n) is 6.64. The molecule has 0 fully saturated rings. The van der Waals surface area contributed by atoms with Crippen molar-refractivity contribution in [1.29, 1.82) is 0 Å². The number of ether oxygens (including phenoxy) is 1. The Labute approximate surface area is 156 Å². The highest BCUT2D eigenvalue weighted by Crippen LogP contribution is 2.28. The van der Waals surface area contributed by atoms with Crippen molar-refractivity contribution in [2.75, 3.05) is 6.61 Å². The summed E-state index contributed by atoms with van der Waals surface area (Å²) in [5.41, 5.74) is 2.43. The molecule has 0 saturated heterocycles. The first-order valence-electron chi connectivity index (χ1n) is 9.61.